The highest BCUT2D eigenvalue weighted by atomic mass is 32.1. The average molecular weight is 444 g/mol. The molecule has 3 rings (SSSR count). The highest BCUT2D eigenvalue weighted by Crippen LogP contribution is 2.39. The van der Waals surface area contributed by atoms with E-state index < -0.39 is 0 Å². The van der Waals surface area contributed by atoms with E-state index in [0.717, 1.165) is 11.3 Å². The fourth-order valence-corrected chi connectivity index (χ4v) is 3.57. The summed E-state index contributed by atoms with van der Waals surface area (Å²) in [5.41, 5.74) is 1.23. The normalized spacial score (nSPS) is 10.5. The van der Waals surface area contributed by atoms with Gasteiger partial charge in [0.2, 0.25) is 10.9 Å². The van der Waals surface area contributed by atoms with Gasteiger partial charge in [-0.25, -0.2) is 0 Å². The molecule has 0 saturated heterocycles. The number of carbonyl (C=O) groups excluding carboxylic acids is 1. The lowest BCUT2D eigenvalue weighted by molar-refractivity contribution is 0.102. The van der Waals surface area contributed by atoms with Crippen LogP contribution < -0.4 is 24.3 Å². The lowest BCUT2D eigenvalue weighted by Gasteiger charge is -2.16. The molecule has 0 bridgehead atoms. The summed E-state index contributed by atoms with van der Waals surface area (Å²) in [6, 6.07) is 10.8. The van der Waals surface area contributed by atoms with Gasteiger partial charge in [-0.1, -0.05) is 23.5 Å². The van der Waals surface area contributed by atoms with Crippen LogP contribution in [-0.4, -0.2) is 43.0 Å². The van der Waals surface area contributed by atoms with Crippen molar-refractivity contribution in [3.63, 3.8) is 0 Å². The van der Waals surface area contributed by atoms with Crippen molar-refractivity contribution in [3.8, 4) is 33.6 Å². The molecular formula is C22H25N3O5S. The smallest absolute Gasteiger partial charge is 0.257 e. The van der Waals surface area contributed by atoms with E-state index in [1.807, 2.05) is 45.0 Å². The molecule has 1 aromatic heterocycles. The first-order valence-electron chi connectivity index (χ1n) is 9.95. The maximum Gasteiger partial charge on any atom is 0.257 e. The molecule has 0 radical (unpaired) electrons. The fourth-order valence-electron chi connectivity index (χ4n) is 2.84. The molecule has 0 fully saturated rings. The van der Waals surface area contributed by atoms with Crippen molar-refractivity contribution in [2.45, 2.75) is 20.8 Å². The first-order valence-corrected chi connectivity index (χ1v) is 10.8. The Kier molecular flexibility index (Phi) is 7.66. The molecule has 164 valence electrons. The number of benzene rings is 2. The van der Waals surface area contributed by atoms with Crippen LogP contribution in [0.5, 0.6) is 23.0 Å². The molecule has 0 saturated carbocycles. The van der Waals surface area contributed by atoms with Crippen LogP contribution in [0.4, 0.5) is 5.13 Å². The van der Waals surface area contributed by atoms with Gasteiger partial charge in [-0.3, -0.25) is 10.1 Å². The van der Waals surface area contributed by atoms with Gasteiger partial charge in [0.15, 0.2) is 11.5 Å². The van der Waals surface area contributed by atoms with Crippen molar-refractivity contribution in [3.05, 3.63) is 42.0 Å². The molecule has 1 amide bonds. The molecule has 31 heavy (non-hydrogen) atoms. The van der Waals surface area contributed by atoms with E-state index in [4.69, 9.17) is 18.9 Å². The summed E-state index contributed by atoms with van der Waals surface area (Å²) in [5, 5.41) is 12.1. The quantitative estimate of drug-likeness (QED) is 0.487. The molecule has 0 atom stereocenters. The number of hydrogen-bond donors (Lipinski definition) is 1. The number of nitrogens with one attached hydrogen (secondary N) is 1. The first-order chi connectivity index (χ1) is 15.1. The SMILES string of the molecule is CCOc1cc(C(=O)Nc2nnc(-c3cccc(OC)c3)s2)cc(OCC)c1OCC. The third-order valence-corrected chi connectivity index (χ3v) is 5.02. The van der Waals surface area contributed by atoms with Gasteiger partial charge in [0.1, 0.15) is 10.8 Å². The Morgan fingerprint density at radius 1 is 0.968 bits per heavy atom. The van der Waals surface area contributed by atoms with E-state index in [1.165, 1.54) is 11.3 Å². The predicted molar refractivity (Wildman–Crippen MR) is 120 cm³/mol. The van der Waals surface area contributed by atoms with E-state index >= 15 is 0 Å². The molecule has 9 heteroatoms. The lowest BCUT2D eigenvalue weighted by Crippen LogP contribution is -2.13. The summed E-state index contributed by atoms with van der Waals surface area (Å²) in [7, 11) is 1.61. The highest BCUT2D eigenvalue weighted by Gasteiger charge is 2.19. The van der Waals surface area contributed by atoms with Crippen molar-refractivity contribution in [2.24, 2.45) is 0 Å². The molecule has 0 aliphatic rings. The Morgan fingerprint density at radius 2 is 1.65 bits per heavy atom. The monoisotopic (exact) mass is 443 g/mol. The predicted octanol–water partition coefficient (Wildman–Crippen LogP) is 4.66. The standard InChI is InChI=1S/C22H25N3O5S/c1-5-28-17-12-15(13-18(29-6-2)19(17)30-7-3)20(26)23-22-25-24-21(31-22)14-9-8-10-16(11-14)27-4/h8-13H,5-7H2,1-4H3,(H,23,25,26). The Labute approximate surface area is 185 Å². The molecule has 2 aromatic carbocycles. The van der Waals surface area contributed by atoms with Gasteiger partial charge in [-0.05, 0) is 45.0 Å². The molecule has 0 unspecified atom stereocenters. The van der Waals surface area contributed by atoms with Gasteiger partial charge in [0, 0.05) is 11.1 Å². The van der Waals surface area contributed by atoms with E-state index in [1.54, 1.807) is 19.2 Å². The minimum Gasteiger partial charge on any atom is -0.497 e. The molecule has 1 heterocycles. The number of ether oxygens (including phenoxy) is 4. The van der Waals surface area contributed by atoms with Gasteiger partial charge >= 0.3 is 0 Å². The van der Waals surface area contributed by atoms with Crippen molar-refractivity contribution in [1.82, 2.24) is 10.2 Å². The minimum atomic E-state index is -0.349. The number of anilines is 1. The van der Waals surface area contributed by atoms with Gasteiger partial charge in [0.05, 0.1) is 26.9 Å². The zero-order valence-electron chi connectivity index (χ0n) is 17.9. The van der Waals surface area contributed by atoms with Crippen molar-refractivity contribution in [2.75, 3.05) is 32.2 Å². The van der Waals surface area contributed by atoms with Crippen LogP contribution in [0.2, 0.25) is 0 Å². The Bertz CT molecular complexity index is 1010. The van der Waals surface area contributed by atoms with Gasteiger partial charge in [-0.15, -0.1) is 10.2 Å². The summed E-state index contributed by atoms with van der Waals surface area (Å²) >= 11 is 1.27. The molecule has 0 spiro atoms. The van der Waals surface area contributed by atoms with Crippen LogP contribution >= 0.6 is 11.3 Å². The number of methoxy groups -OCH3 is 1. The third kappa shape index (κ3) is 5.43. The van der Waals surface area contributed by atoms with Crippen LogP contribution in [0, 0.1) is 0 Å². The largest absolute Gasteiger partial charge is 0.497 e. The molecule has 1 N–H and O–H groups in total. The van der Waals surface area contributed by atoms with Crippen molar-refractivity contribution in [1.29, 1.82) is 0 Å². The lowest BCUT2D eigenvalue weighted by atomic mass is 10.1. The number of hydrogen-bond acceptors (Lipinski definition) is 8. The Balaban J connectivity index is 1.85. The summed E-state index contributed by atoms with van der Waals surface area (Å²) in [4.78, 5) is 12.9. The van der Waals surface area contributed by atoms with Gasteiger partial charge in [0.25, 0.3) is 5.91 Å². The second-order valence-corrected chi connectivity index (χ2v) is 7.18. The molecule has 0 aliphatic carbocycles. The summed E-state index contributed by atoms with van der Waals surface area (Å²) < 4.78 is 22.3. The van der Waals surface area contributed by atoms with E-state index in [2.05, 4.69) is 15.5 Å². The number of aromatic nitrogens is 2. The Hall–Kier alpha value is -3.33. The topological polar surface area (TPSA) is 91.8 Å². The van der Waals surface area contributed by atoms with Crippen molar-refractivity contribution >= 4 is 22.4 Å². The van der Waals surface area contributed by atoms with Crippen LogP contribution in [-0.2, 0) is 0 Å². The Morgan fingerprint density at radius 3 is 2.26 bits per heavy atom. The van der Waals surface area contributed by atoms with E-state index in [0.29, 0.717) is 52.8 Å². The average Bonchev–Trinajstić information content (AvgIpc) is 3.24. The molecule has 3 aromatic rings. The minimum absolute atomic E-state index is 0.349. The maximum atomic E-state index is 12.9. The van der Waals surface area contributed by atoms with E-state index in [9.17, 15) is 4.79 Å². The molecular weight excluding hydrogens is 418 g/mol. The molecule has 0 aliphatic heterocycles. The first kappa shape index (κ1) is 22.4. The third-order valence-electron chi connectivity index (χ3n) is 4.13. The summed E-state index contributed by atoms with van der Waals surface area (Å²) in [6.45, 7) is 6.91. The fraction of sp³-hybridized carbons (Fsp3) is 0.318. The summed E-state index contributed by atoms with van der Waals surface area (Å²) in [6.07, 6.45) is 0. The van der Waals surface area contributed by atoms with Gasteiger partial charge < -0.3 is 18.9 Å². The number of carbonyl (C=O) groups is 1. The number of nitrogens with zero attached hydrogens (tertiary/aromatic N) is 2. The maximum absolute atomic E-state index is 12.9. The van der Waals surface area contributed by atoms with Crippen molar-refractivity contribution < 1.29 is 23.7 Å². The van der Waals surface area contributed by atoms with Crippen LogP contribution in [0.1, 0.15) is 31.1 Å². The van der Waals surface area contributed by atoms with Crippen LogP contribution in [0.3, 0.4) is 0 Å². The van der Waals surface area contributed by atoms with Gasteiger partial charge in [-0.2, -0.15) is 0 Å². The highest BCUT2D eigenvalue weighted by molar-refractivity contribution is 7.18. The van der Waals surface area contributed by atoms with Crippen LogP contribution in [0.15, 0.2) is 36.4 Å². The summed E-state index contributed by atoms with van der Waals surface area (Å²) in [5.74, 6) is 1.77. The van der Waals surface area contributed by atoms with Crippen LogP contribution in [0.25, 0.3) is 10.6 Å². The number of rotatable bonds is 10. The zero-order valence-corrected chi connectivity index (χ0v) is 18.7. The number of amides is 1. The second kappa shape index (κ2) is 10.6. The second-order valence-electron chi connectivity index (χ2n) is 6.20. The molecule has 8 nitrogen and oxygen atoms in total. The van der Waals surface area contributed by atoms with E-state index in [-0.39, 0.29) is 5.91 Å². The zero-order chi connectivity index (χ0) is 22.2.